The van der Waals surface area contributed by atoms with E-state index in [0.29, 0.717) is 30.7 Å². The molecule has 1 saturated heterocycles. The number of hydrogen-bond acceptors (Lipinski definition) is 3. The predicted octanol–water partition coefficient (Wildman–Crippen LogP) is 1.21. The molecule has 3 atom stereocenters. The Hall–Kier alpha value is -0.900. The smallest absolute Gasteiger partial charge is 0.243 e. The van der Waals surface area contributed by atoms with Gasteiger partial charge in [0.25, 0.3) is 0 Å². The molecule has 1 heterocycles. The summed E-state index contributed by atoms with van der Waals surface area (Å²) in [7, 11) is 0. The van der Waals surface area contributed by atoms with E-state index in [2.05, 4.69) is 24.5 Å². The molecule has 96 valence electrons. The third-order valence-corrected chi connectivity index (χ3v) is 4.18. The second-order valence-corrected chi connectivity index (χ2v) is 5.58. The minimum Gasteiger partial charge on any atom is -0.303 e. The van der Waals surface area contributed by atoms with Crippen LogP contribution in [0, 0.1) is 11.8 Å². The topological polar surface area (TPSA) is 58.2 Å². The Morgan fingerprint density at radius 1 is 1.12 bits per heavy atom. The maximum atomic E-state index is 11.7. The first-order valence-electron chi connectivity index (χ1n) is 6.67. The molecule has 1 saturated carbocycles. The second-order valence-electron chi connectivity index (χ2n) is 5.58. The summed E-state index contributed by atoms with van der Waals surface area (Å²) in [5, 5.41) is 5.87. The minimum atomic E-state index is -0.180. The molecular formula is C13H22N2O2. The molecule has 4 nitrogen and oxygen atoms in total. The molecule has 1 aliphatic carbocycles. The average Bonchev–Trinajstić information content (AvgIpc) is 2.26. The Morgan fingerprint density at radius 2 is 1.76 bits per heavy atom. The molecule has 0 radical (unpaired) electrons. The normalized spacial score (nSPS) is 38.9. The molecule has 2 N–H and O–H groups in total. The van der Waals surface area contributed by atoms with Crippen molar-refractivity contribution in [2.45, 2.75) is 58.0 Å². The molecule has 2 aliphatic rings. The van der Waals surface area contributed by atoms with Gasteiger partial charge in [-0.1, -0.05) is 20.3 Å². The lowest BCUT2D eigenvalue weighted by Gasteiger charge is -2.38. The van der Waals surface area contributed by atoms with Crippen LogP contribution in [-0.2, 0) is 9.59 Å². The lowest BCUT2D eigenvalue weighted by Crippen LogP contribution is -2.56. The third kappa shape index (κ3) is 2.86. The van der Waals surface area contributed by atoms with E-state index >= 15 is 0 Å². The summed E-state index contributed by atoms with van der Waals surface area (Å²) >= 11 is 0. The van der Waals surface area contributed by atoms with E-state index < -0.39 is 0 Å². The molecule has 2 fully saturated rings. The van der Waals surface area contributed by atoms with Crippen molar-refractivity contribution >= 4 is 11.8 Å². The maximum absolute atomic E-state index is 11.7. The standard InChI is InChI=1S/C13H22N2O2/c1-8-4-3-5-9(2)12(8)14-10-6-7-11(16)15-13(10)17/h8-10,12,14H,3-7H2,1-2H3,(H,15,16,17). The molecule has 1 aliphatic heterocycles. The van der Waals surface area contributed by atoms with Crippen molar-refractivity contribution in [3.8, 4) is 0 Å². The van der Waals surface area contributed by atoms with Crippen LogP contribution in [0.15, 0.2) is 0 Å². The maximum Gasteiger partial charge on any atom is 0.243 e. The van der Waals surface area contributed by atoms with Crippen molar-refractivity contribution in [2.75, 3.05) is 0 Å². The molecule has 0 spiro atoms. The molecule has 0 aromatic carbocycles. The van der Waals surface area contributed by atoms with Crippen LogP contribution in [0.2, 0.25) is 0 Å². The Bertz CT molecular complexity index is 307. The van der Waals surface area contributed by atoms with Crippen LogP contribution in [0.3, 0.4) is 0 Å². The summed E-state index contributed by atoms with van der Waals surface area (Å²) in [6.45, 7) is 4.50. The summed E-state index contributed by atoms with van der Waals surface area (Å²) < 4.78 is 0. The van der Waals surface area contributed by atoms with Crippen molar-refractivity contribution in [1.29, 1.82) is 0 Å². The largest absolute Gasteiger partial charge is 0.303 e. The highest BCUT2D eigenvalue weighted by molar-refractivity contribution is 6.00. The van der Waals surface area contributed by atoms with Crippen LogP contribution < -0.4 is 10.6 Å². The van der Waals surface area contributed by atoms with Gasteiger partial charge >= 0.3 is 0 Å². The van der Waals surface area contributed by atoms with E-state index in [1.807, 2.05) is 0 Å². The zero-order valence-corrected chi connectivity index (χ0v) is 10.7. The fraction of sp³-hybridized carbons (Fsp3) is 0.846. The van der Waals surface area contributed by atoms with Crippen LogP contribution in [0.1, 0.15) is 46.0 Å². The molecule has 0 bridgehead atoms. The predicted molar refractivity (Wildman–Crippen MR) is 65.3 cm³/mol. The lowest BCUT2D eigenvalue weighted by molar-refractivity contribution is -0.135. The SMILES string of the molecule is CC1CCCC(C)C1NC1CCC(=O)NC1=O. The Kier molecular flexibility index (Phi) is 3.82. The second kappa shape index (κ2) is 5.17. The number of hydrogen-bond donors (Lipinski definition) is 2. The summed E-state index contributed by atoms with van der Waals surface area (Å²) in [6.07, 6.45) is 4.85. The summed E-state index contributed by atoms with van der Waals surface area (Å²) in [4.78, 5) is 22.8. The molecule has 0 aromatic heterocycles. The molecule has 17 heavy (non-hydrogen) atoms. The molecule has 3 unspecified atom stereocenters. The quantitative estimate of drug-likeness (QED) is 0.711. The number of carbonyl (C=O) groups is 2. The highest BCUT2D eigenvalue weighted by Gasteiger charge is 2.33. The van der Waals surface area contributed by atoms with E-state index in [9.17, 15) is 9.59 Å². The third-order valence-electron chi connectivity index (χ3n) is 4.18. The Balaban J connectivity index is 1.95. The zero-order valence-electron chi connectivity index (χ0n) is 10.7. The molecule has 0 aromatic rings. The highest BCUT2D eigenvalue weighted by atomic mass is 16.2. The van der Waals surface area contributed by atoms with E-state index in [4.69, 9.17) is 0 Å². The molecule has 4 heteroatoms. The molecular weight excluding hydrogens is 216 g/mol. The summed E-state index contributed by atoms with van der Waals surface area (Å²) in [5.41, 5.74) is 0. The van der Waals surface area contributed by atoms with Crippen molar-refractivity contribution in [3.63, 3.8) is 0 Å². The average molecular weight is 238 g/mol. The van der Waals surface area contributed by atoms with Crippen LogP contribution in [0.4, 0.5) is 0 Å². The van der Waals surface area contributed by atoms with Gasteiger partial charge in [-0.15, -0.1) is 0 Å². The van der Waals surface area contributed by atoms with E-state index in [-0.39, 0.29) is 17.9 Å². The van der Waals surface area contributed by atoms with E-state index in [1.165, 1.54) is 19.3 Å². The van der Waals surface area contributed by atoms with Gasteiger partial charge in [0.05, 0.1) is 6.04 Å². The van der Waals surface area contributed by atoms with Crippen LogP contribution >= 0.6 is 0 Å². The monoisotopic (exact) mass is 238 g/mol. The number of nitrogens with one attached hydrogen (secondary N) is 2. The fourth-order valence-corrected chi connectivity index (χ4v) is 3.10. The minimum absolute atomic E-state index is 0.141. The lowest BCUT2D eigenvalue weighted by atomic mass is 9.78. The van der Waals surface area contributed by atoms with E-state index in [0.717, 1.165) is 0 Å². The van der Waals surface area contributed by atoms with Crippen LogP contribution in [0.25, 0.3) is 0 Å². The highest BCUT2D eigenvalue weighted by Crippen LogP contribution is 2.29. The number of piperidine rings is 1. The molecule has 2 rings (SSSR count). The molecule has 2 amide bonds. The van der Waals surface area contributed by atoms with Crippen molar-refractivity contribution < 1.29 is 9.59 Å². The number of rotatable bonds is 2. The van der Waals surface area contributed by atoms with Gasteiger partial charge < -0.3 is 5.32 Å². The Morgan fingerprint density at radius 3 is 2.35 bits per heavy atom. The van der Waals surface area contributed by atoms with Gasteiger partial charge in [-0.25, -0.2) is 0 Å². The van der Waals surface area contributed by atoms with Gasteiger partial charge in [0.1, 0.15) is 0 Å². The number of imide groups is 1. The number of carbonyl (C=O) groups excluding carboxylic acids is 2. The first-order chi connectivity index (χ1) is 8.08. The van der Waals surface area contributed by atoms with Gasteiger partial charge in [0.15, 0.2) is 0 Å². The van der Waals surface area contributed by atoms with Gasteiger partial charge in [0.2, 0.25) is 11.8 Å². The van der Waals surface area contributed by atoms with Crippen molar-refractivity contribution in [3.05, 3.63) is 0 Å². The van der Waals surface area contributed by atoms with Crippen molar-refractivity contribution in [1.82, 2.24) is 10.6 Å². The summed E-state index contributed by atoms with van der Waals surface area (Å²) in [5.74, 6) is 0.942. The Labute approximate surface area is 103 Å². The van der Waals surface area contributed by atoms with Crippen molar-refractivity contribution in [2.24, 2.45) is 11.8 Å². The first kappa shape index (κ1) is 12.6. The van der Waals surface area contributed by atoms with Gasteiger partial charge in [-0.05, 0) is 31.1 Å². The van der Waals surface area contributed by atoms with Gasteiger partial charge in [-0.2, -0.15) is 0 Å². The number of amides is 2. The van der Waals surface area contributed by atoms with Crippen LogP contribution in [0.5, 0.6) is 0 Å². The van der Waals surface area contributed by atoms with Gasteiger partial charge in [0, 0.05) is 12.5 Å². The summed E-state index contributed by atoms with van der Waals surface area (Å²) in [6, 6.07) is 0.230. The van der Waals surface area contributed by atoms with Gasteiger partial charge in [-0.3, -0.25) is 14.9 Å². The first-order valence-corrected chi connectivity index (χ1v) is 6.67. The van der Waals surface area contributed by atoms with E-state index in [1.54, 1.807) is 0 Å². The fourth-order valence-electron chi connectivity index (χ4n) is 3.10. The zero-order chi connectivity index (χ0) is 12.4. The van der Waals surface area contributed by atoms with Crippen LogP contribution in [-0.4, -0.2) is 23.9 Å².